The highest BCUT2D eigenvalue weighted by Gasteiger charge is 2.40. The molecule has 0 saturated carbocycles. The first kappa shape index (κ1) is 10.1. The van der Waals surface area contributed by atoms with Gasteiger partial charge in [0.1, 0.15) is 6.10 Å². The van der Waals surface area contributed by atoms with Gasteiger partial charge in [-0.25, -0.2) is 0 Å². The molecule has 0 bridgehead atoms. The van der Waals surface area contributed by atoms with Crippen LogP contribution >= 0.6 is 12.2 Å². The van der Waals surface area contributed by atoms with Crippen LogP contribution in [0.5, 0.6) is 0 Å². The zero-order valence-electron chi connectivity index (χ0n) is 8.14. The van der Waals surface area contributed by atoms with Crippen molar-refractivity contribution < 1.29 is 4.74 Å². The summed E-state index contributed by atoms with van der Waals surface area (Å²) in [7, 11) is 0. The molecule has 15 heavy (non-hydrogen) atoms. The van der Waals surface area contributed by atoms with Gasteiger partial charge in [-0.05, 0) is 23.3 Å². The van der Waals surface area contributed by atoms with Crippen LogP contribution in [0.1, 0.15) is 17.2 Å². The molecule has 3 nitrogen and oxygen atoms in total. The van der Waals surface area contributed by atoms with Crippen LogP contribution in [0.25, 0.3) is 6.08 Å². The number of hydrogen-bond acceptors (Lipinski definition) is 2. The normalized spacial score (nSPS) is 23.2. The molecular weight excluding hydrogens is 208 g/mol. The monoisotopic (exact) mass is 220 g/mol. The number of benzene rings is 1. The summed E-state index contributed by atoms with van der Waals surface area (Å²) in [6.07, 6.45) is 1.80. The van der Waals surface area contributed by atoms with Crippen LogP contribution < -0.4 is 11.1 Å². The van der Waals surface area contributed by atoms with Gasteiger partial charge in [0.2, 0.25) is 0 Å². The number of epoxide rings is 1. The fraction of sp³-hybridized carbons (Fsp3) is 0.182. The molecule has 2 atom stereocenters. The van der Waals surface area contributed by atoms with Crippen molar-refractivity contribution in [3.8, 4) is 0 Å². The smallest absolute Gasteiger partial charge is 0.165 e. The molecular formula is C11H12N2OS. The molecule has 2 rings (SSSR count). The van der Waals surface area contributed by atoms with Gasteiger partial charge in [0.15, 0.2) is 11.3 Å². The fourth-order valence-corrected chi connectivity index (χ4v) is 1.55. The first-order chi connectivity index (χ1) is 7.20. The van der Waals surface area contributed by atoms with Crippen molar-refractivity contribution in [2.75, 3.05) is 0 Å². The third-order valence-electron chi connectivity index (χ3n) is 2.28. The Morgan fingerprint density at radius 3 is 2.67 bits per heavy atom. The van der Waals surface area contributed by atoms with E-state index in [9.17, 15) is 0 Å². The van der Waals surface area contributed by atoms with E-state index in [0.29, 0.717) is 0 Å². The van der Waals surface area contributed by atoms with Crippen molar-refractivity contribution in [2.24, 2.45) is 5.73 Å². The molecule has 1 aliphatic heterocycles. The number of nitrogens with one attached hydrogen (secondary N) is 1. The Kier molecular flexibility index (Phi) is 2.70. The largest absolute Gasteiger partial charge is 0.376 e. The predicted octanol–water partition coefficient (Wildman–Crippen LogP) is 1.56. The van der Waals surface area contributed by atoms with E-state index in [1.165, 1.54) is 0 Å². The molecule has 1 aliphatic rings. The quantitative estimate of drug-likeness (QED) is 0.599. The number of rotatable bonds is 3. The van der Waals surface area contributed by atoms with Crippen LogP contribution in [0.3, 0.4) is 0 Å². The van der Waals surface area contributed by atoms with Gasteiger partial charge in [-0.3, -0.25) is 0 Å². The summed E-state index contributed by atoms with van der Waals surface area (Å²) in [5, 5.41) is 3.13. The highest BCUT2D eigenvalue weighted by Crippen LogP contribution is 2.36. The standard InChI is InChI=1S/C11H12N2OS/c1-2-7-3-5-8(6-4-7)9-10(14-9)13-11(12)15/h2-6,9-10H,1H2,(H3,12,13,15). The van der Waals surface area contributed by atoms with Gasteiger partial charge in [-0.2, -0.15) is 0 Å². The van der Waals surface area contributed by atoms with Gasteiger partial charge >= 0.3 is 0 Å². The summed E-state index contributed by atoms with van der Waals surface area (Å²) in [5.74, 6) is 0. The minimum absolute atomic E-state index is 0.0605. The average molecular weight is 220 g/mol. The van der Waals surface area contributed by atoms with Crippen LogP contribution in [0.15, 0.2) is 30.8 Å². The van der Waals surface area contributed by atoms with E-state index in [4.69, 9.17) is 22.7 Å². The highest BCUT2D eigenvalue weighted by atomic mass is 32.1. The molecule has 1 fully saturated rings. The Balaban J connectivity index is 2.00. The lowest BCUT2D eigenvalue weighted by Gasteiger charge is -1.99. The molecule has 4 heteroatoms. The van der Waals surface area contributed by atoms with Crippen molar-refractivity contribution >= 4 is 23.4 Å². The molecule has 0 amide bonds. The molecule has 0 aliphatic carbocycles. The minimum Gasteiger partial charge on any atom is -0.376 e. The maximum Gasteiger partial charge on any atom is 0.165 e. The second-order valence-electron chi connectivity index (χ2n) is 3.36. The number of ether oxygens (including phenoxy) is 1. The third kappa shape index (κ3) is 2.34. The zero-order chi connectivity index (χ0) is 10.8. The van der Waals surface area contributed by atoms with Crippen LogP contribution in [-0.4, -0.2) is 11.3 Å². The Labute approximate surface area is 93.9 Å². The van der Waals surface area contributed by atoms with Gasteiger partial charge in [-0.15, -0.1) is 0 Å². The molecule has 3 N–H and O–H groups in total. The molecule has 0 spiro atoms. The van der Waals surface area contributed by atoms with Crippen LogP contribution in [0, 0.1) is 0 Å². The Morgan fingerprint density at radius 1 is 1.47 bits per heavy atom. The summed E-state index contributed by atoms with van der Waals surface area (Å²) < 4.78 is 5.38. The molecule has 78 valence electrons. The summed E-state index contributed by atoms with van der Waals surface area (Å²) in [4.78, 5) is 0. The molecule has 2 unspecified atom stereocenters. The molecule has 1 heterocycles. The van der Waals surface area contributed by atoms with E-state index in [1.807, 2.05) is 30.3 Å². The van der Waals surface area contributed by atoms with Crippen LogP contribution in [-0.2, 0) is 4.74 Å². The van der Waals surface area contributed by atoms with Crippen molar-refractivity contribution in [1.29, 1.82) is 0 Å². The second kappa shape index (κ2) is 4.00. The topological polar surface area (TPSA) is 50.6 Å². The van der Waals surface area contributed by atoms with E-state index >= 15 is 0 Å². The maximum absolute atomic E-state index is 5.38. The van der Waals surface area contributed by atoms with E-state index in [-0.39, 0.29) is 17.4 Å². The average Bonchev–Trinajstić information content (AvgIpc) is 2.96. The lowest BCUT2D eigenvalue weighted by atomic mass is 10.1. The second-order valence-corrected chi connectivity index (χ2v) is 3.80. The van der Waals surface area contributed by atoms with Gasteiger partial charge < -0.3 is 15.8 Å². The van der Waals surface area contributed by atoms with Crippen LogP contribution in [0.2, 0.25) is 0 Å². The van der Waals surface area contributed by atoms with Crippen molar-refractivity contribution in [3.63, 3.8) is 0 Å². The van der Waals surface area contributed by atoms with Crippen molar-refractivity contribution in [2.45, 2.75) is 12.3 Å². The summed E-state index contributed by atoms with van der Waals surface area (Å²) in [5.41, 5.74) is 7.56. The minimum atomic E-state index is -0.0721. The van der Waals surface area contributed by atoms with E-state index < -0.39 is 0 Å². The Bertz CT molecular complexity index is 388. The van der Waals surface area contributed by atoms with Gasteiger partial charge in [0, 0.05) is 0 Å². The Hall–Kier alpha value is -1.39. The number of hydrogen-bond donors (Lipinski definition) is 2. The third-order valence-corrected chi connectivity index (χ3v) is 2.39. The van der Waals surface area contributed by atoms with Crippen LogP contribution in [0.4, 0.5) is 0 Å². The summed E-state index contributed by atoms with van der Waals surface area (Å²) >= 11 is 4.73. The zero-order valence-corrected chi connectivity index (χ0v) is 8.96. The molecule has 1 aromatic rings. The highest BCUT2D eigenvalue weighted by molar-refractivity contribution is 7.80. The van der Waals surface area contributed by atoms with E-state index in [1.54, 1.807) is 0 Å². The SMILES string of the molecule is C=Cc1ccc(C2OC2NC(N)=S)cc1. The first-order valence-corrected chi connectivity index (χ1v) is 5.05. The molecule has 1 aromatic carbocycles. The molecule has 0 aromatic heterocycles. The molecule has 1 saturated heterocycles. The van der Waals surface area contributed by atoms with Crippen molar-refractivity contribution in [3.05, 3.63) is 42.0 Å². The van der Waals surface area contributed by atoms with E-state index in [0.717, 1.165) is 11.1 Å². The Morgan fingerprint density at radius 2 is 2.13 bits per heavy atom. The predicted molar refractivity (Wildman–Crippen MR) is 64.1 cm³/mol. The van der Waals surface area contributed by atoms with Gasteiger partial charge in [0.05, 0.1) is 0 Å². The fourth-order valence-electron chi connectivity index (χ4n) is 1.44. The number of nitrogens with two attached hydrogens (primary N) is 1. The molecule has 0 radical (unpaired) electrons. The maximum atomic E-state index is 5.38. The summed E-state index contributed by atoms with van der Waals surface area (Å²) in [6, 6.07) is 8.04. The first-order valence-electron chi connectivity index (χ1n) is 4.64. The lowest BCUT2D eigenvalue weighted by Crippen LogP contribution is -2.31. The summed E-state index contributed by atoms with van der Waals surface area (Å²) in [6.45, 7) is 3.70. The van der Waals surface area contributed by atoms with Gasteiger partial charge in [-0.1, -0.05) is 36.9 Å². The van der Waals surface area contributed by atoms with E-state index in [2.05, 4.69) is 11.9 Å². The van der Waals surface area contributed by atoms with Crippen molar-refractivity contribution in [1.82, 2.24) is 5.32 Å². The number of thiocarbonyl (C=S) groups is 1. The van der Waals surface area contributed by atoms with Gasteiger partial charge in [0.25, 0.3) is 0 Å². The lowest BCUT2D eigenvalue weighted by molar-refractivity contribution is 0.366.